The van der Waals surface area contributed by atoms with Crippen molar-refractivity contribution in [3.05, 3.63) is 30.7 Å². The van der Waals surface area contributed by atoms with Crippen LogP contribution in [0, 0.1) is 0 Å². The summed E-state index contributed by atoms with van der Waals surface area (Å²) in [6.07, 6.45) is 3.14. The van der Waals surface area contributed by atoms with Crippen LogP contribution in [0.4, 0.5) is 0 Å². The summed E-state index contributed by atoms with van der Waals surface area (Å²) in [5, 5.41) is 5.68. The summed E-state index contributed by atoms with van der Waals surface area (Å²) < 4.78 is 40.2. The summed E-state index contributed by atoms with van der Waals surface area (Å²) >= 11 is 1.33. The molecule has 3 aromatic rings. The molecule has 0 aliphatic carbocycles. The van der Waals surface area contributed by atoms with Gasteiger partial charge < -0.3 is 14.4 Å². The van der Waals surface area contributed by atoms with E-state index in [0.717, 1.165) is 5.39 Å². The smallest absolute Gasteiger partial charge is 0.243 e. The molecule has 0 spiro atoms. The standard InChI is InChI=1S/C20H22N6O5S2/c1-24-19-15(11-23-24)20(22-13-21-19)32-12-18(27)25-4-6-26(7-5-25)33(28,29)14-2-3-16-17(10-14)31-9-8-30-16/h2-3,10-11,13H,4-9,12H2,1H3. The third-order valence-corrected chi connectivity index (χ3v) is 8.45. The van der Waals surface area contributed by atoms with E-state index in [1.165, 1.54) is 34.5 Å². The zero-order valence-electron chi connectivity index (χ0n) is 17.9. The molecule has 174 valence electrons. The van der Waals surface area contributed by atoms with Crippen molar-refractivity contribution >= 4 is 38.7 Å². The van der Waals surface area contributed by atoms with E-state index in [1.807, 2.05) is 0 Å². The van der Waals surface area contributed by atoms with Crippen molar-refractivity contribution in [2.24, 2.45) is 7.05 Å². The molecule has 5 rings (SSSR count). The average Bonchev–Trinajstić information content (AvgIpc) is 3.23. The first-order chi connectivity index (χ1) is 15.9. The lowest BCUT2D eigenvalue weighted by Crippen LogP contribution is -2.50. The molecule has 2 aromatic heterocycles. The van der Waals surface area contributed by atoms with Crippen molar-refractivity contribution in [1.29, 1.82) is 0 Å². The Morgan fingerprint density at radius 3 is 2.64 bits per heavy atom. The topological polar surface area (TPSA) is 120 Å². The van der Waals surface area contributed by atoms with Crippen LogP contribution >= 0.6 is 11.8 Å². The maximum Gasteiger partial charge on any atom is 0.243 e. The largest absolute Gasteiger partial charge is 0.486 e. The van der Waals surface area contributed by atoms with Gasteiger partial charge in [0.25, 0.3) is 0 Å². The summed E-state index contributed by atoms with van der Waals surface area (Å²) in [7, 11) is -1.89. The van der Waals surface area contributed by atoms with Gasteiger partial charge in [0.1, 0.15) is 24.6 Å². The highest BCUT2D eigenvalue weighted by Crippen LogP contribution is 2.33. The fraction of sp³-hybridized carbons (Fsp3) is 0.400. The maximum absolute atomic E-state index is 13.1. The van der Waals surface area contributed by atoms with Crippen LogP contribution in [0.1, 0.15) is 0 Å². The Hall–Kier alpha value is -2.90. The molecule has 0 radical (unpaired) electrons. The molecule has 1 fully saturated rings. The van der Waals surface area contributed by atoms with Crippen LogP contribution in [0.15, 0.2) is 40.6 Å². The number of amides is 1. The van der Waals surface area contributed by atoms with Crippen molar-refractivity contribution in [3.63, 3.8) is 0 Å². The zero-order valence-corrected chi connectivity index (χ0v) is 19.5. The van der Waals surface area contributed by atoms with Gasteiger partial charge in [-0.25, -0.2) is 18.4 Å². The number of aryl methyl sites for hydroxylation is 1. The number of carbonyl (C=O) groups excluding carboxylic acids is 1. The van der Waals surface area contributed by atoms with Gasteiger partial charge in [-0.2, -0.15) is 9.40 Å². The number of piperazine rings is 1. The highest BCUT2D eigenvalue weighted by Gasteiger charge is 2.31. The number of aromatic nitrogens is 4. The Bertz CT molecular complexity index is 1300. The van der Waals surface area contributed by atoms with E-state index in [1.54, 1.807) is 28.9 Å². The van der Waals surface area contributed by atoms with Gasteiger partial charge in [0.15, 0.2) is 17.1 Å². The molecule has 0 N–H and O–H groups in total. The van der Waals surface area contributed by atoms with E-state index in [-0.39, 0.29) is 29.6 Å². The van der Waals surface area contributed by atoms with Gasteiger partial charge in [-0.3, -0.25) is 9.48 Å². The van der Waals surface area contributed by atoms with Crippen LogP contribution < -0.4 is 9.47 Å². The molecule has 0 unspecified atom stereocenters. The van der Waals surface area contributed by atoms with Gasteiger partial charge in [0.2, 0.25) is 15.9 Å². The minimum absolute atomic E-state index is 0.0629. The van der Waals surface area contributed by atoms with Crippen LogP contribution in [0.5, 0.6) is 11.5 Å². The molecule has 13 heteroatoms. The molecule has 11 nitrogen and oxygen atoms in total. The zero-order chi connectivity index (χ0) is 23.0. The van der Waals surface area contributed by atoms with Crippen LogP contribution in [0.3, 0.4) is 0 Å². The van der Waals surface area contributed by atoms with Gasteiger partial charge >= 0.3 is 0 Å². The minimum atomic E-state index is -3.69. The predicted molar refractivity (Wildman–Crippen MR) is 120 cm³/mol. The summed E-state index contributed by atoms with van der Waals surface area (Å²) in [6, 6.07) is 4.64. The Morgan fingerprint density at radius 2 is 1.85 bits per heavy atom. The Morgan fingerprint density at radius 1 is 1.09 bits per heavy atom. The molecule has 0 atom stereocenters. The van der Waals surface area contributed by atoms with E-state index in [2.05, 4.69) is 15.1 Å². The van der Waals surface area contributed by atoms with E-state index < -0.39 is 10.0 Å². The number of benzene rings is 1. The summed E-state index contributed by atoms with van der Waals surface area (Å²) in [5.41, 5.74) is 0.706. The number of sulfonamides is 1. The highest BCUT2D eigenvalue weighted by molar-refractivity contribution is 8.00. The normalized spacial score (nSPS) is 16.8. The first-order valence-electron chi connectivity index (χ1n) is 10.4. The van der Waals surface area contributed by atoms with Crippen molar-refractivity contribution in [2.45, 2.75) is 9.92 Å². The molecule has 1 amide bonds. The van der Waals surface area contributed by atoms with Gasteiger partial charge in [-0.15, -0.1) is 0 Å². The first-order valence-corrected chi connectivity index (χ1v) is 12.8. The lowest BCUT2D eigenvalue weighted by Gasteiger charge is -2.34. The number of thioether (sulfide) groups is 1. The van der Waals surface area contributed by atoms with E-state index in [4.69, 9.17) is 9.47 Å². The molecule has 4 heterocycles. The number of nitrogens with zero attached hydrogens (tertiary/aromatic N) is 6. The summed E-state index contributed by atoms with van der Waals surface area (Å²) in [6.45, 7) is 1.94. The third-order valence-electron chi connectivity index (χ3n) is 5.57. The number of hydrogen-bond acceptors (Lipinski definition) is 9. The molecule has 0 bridgehead atoms. The molecule has 2 aliphatic heterocycles. The minimum Gasteiger partial charge on any atom is -0.486 e. The van der Waals surface area contributed by atoms with Crippen molar-refractivity contribution in [3.8, 4) is 11.5 Å². The second kappa shape index (κ2) is 8.80. The lowest BCUT2D eigenvalue weighted by atomic mass is 10.3. The summed E-state index contributed by atoms with van der Waals surface area (Å²) in [4.78, 5) is 23.1. The van der Waals surface area contributed by atoms with E-state index in [0.29, 0.717) is 48.5 Å². The molecule has 1 saturated heterocycles. The molecule has 1 aromatic carbocycles. The Labute approximate surface area is 194 Å². The molecular weight excluding hydrogens is 468 g/mol. The number of carbonyl (C=O) groups is 1. The van der Waals surface area contributed by atoms with Crippen molar-refractivity contribution in [2.75, 3.05) is 45.1 Å². The van der Waals surface area contributed by atoms with E-state index in [9.17, 15) is 13.2 Å². The Kier molecular flexibility index (Phi) is 5.85. The fourth-order valence-corrected chi connectivity index (χ4v) is 6.09. The van der Waals surface area contributed by atoms with Crippen LogP contribution in [-0.2, 0) is 21.9 Å². The molecule has 0 saturated carbocycles. The second-order valence-corrected chi connectivity index (χ2v) is 10.5. The van der Waals surface area contributed by atoms with Crippen molar-refractivity contribution < 1.29 is 22.7 Å². The monoisotopic (exact) mass is 490 g/mol. The second-order valence-electron chi connectivity index (χ2n) is 7.56. The van der Waals surface area contributed by atoms with Gasteiger partial charge in [0, 0.05) is 39.3 Å². The molecular formula is C20H22N6O5S2. The lowest BCUT2D eigenvalue weighted by molar-refractivity contribution is -0.129. The SMILES string of the molecule is Cn1ncc2c(SCC(=O)N3CCN(S(=O)(=O)c4ccc5c(c4)OCCO5)CC3)ncnc21. The maximum atomic E-state index is 13.1. The third kappa shape index (κ3) is 4.23. The Balaban J connectivity index is 1.20. The molecule has 2 aliphatic rings. The van der Waals surface area contributed by atoms with Gasteiger partial charge in [-0.1, -0.05) is 11.8 Å². The fourth-order valence-electron chi connectivity index (χ4n) is 3.79. The quantitative estimate of drug-likeness (QED) is 0.377. The van der Waals surface area contributed by atoms with Gasteiger partial charge in [0.05, 0.1) is 22.2 Å². The average molecular weight is 491 g/mol. The number of ether oxygens (including phenoxy) is 2. The summed E-state index contributed by atoms with van der Waals surface area (Å²) in [5.74, 6) is 1.11. The highest BCUT2D eigenvalue weighted by atomic mass is 32.2. The number of rotatable bonds is 5. The number of fused-ring (bicyclic) bond motifs is 2. The van der Waals surface area contributed by atoms with E-state index >= 15 is 0 Å². The predicted octanol–water partition coefficient (Wildman–Crippen LogP) is 0.760. The first kappa shape index (κ1) is 21.9. The molecule has 33 heavy (non-hydrogen) atoms. The van der Waals surface area contributed by atoms with Crippen molar-refractivity contribution in [1.82, 2.24) is 29.0 Å². The van der Waals surface area contributed by atoms with Crippen LogP contribution in [0.2, 0.25) is 0 Å². The van der Waals surface area contributed by atoms with Gasteiger partial charge in [-0.05, 0) is 12.1 Å². The van der Waals surface area contributed by atoms with Crippen LogP contribution in [-0.4, -0.2) is 88.4 Å². The van der Waals surface area contributed by atoms with Crippen LogP contribution in [0.25, 0.3) is 11.0 Å². The number of hydrogen-bond donors (Lipinski definition) is 0.